The minimum Gasteiger partial charge on any atom is -0.490 e. The third-order valence-electron chi connectivity index (χ3n) is 7.19. The van der Waals surface area contributed by atoms with Crippen LogP contribution in [0.25, 0.3) is 10.2 Å². The number of primary amides is 1. The Morgan fingerprint density at radius 2 is 2.00 bits per heavy atom. The summed E-state index contributed by atoms with van der Waals surface area (Å²) < 4.78 is 12.1. The molecule has 3 heterocycles. The van der Waals surface area contributed by atoms with Gasteiger partial charge in [-0.25, -0.2) is 4.98 Å². The predicted octanol–water partition coefficient (Wildman–Crippen LogP) is 2.34. The highest BCUT2D eigenvalue weighted by Crippen LogP contribution is 2.48. The zero-order valence-corrected chi connectivity index (χ0v) is 19.7. The number of nitrogens with two attached hydrogens (primary N) is 1. The molecule has 2 aliphatic carbocycles. The summed E-state index contributed by atoms with van der Waals surface area (Å²) in [4.78, 5) is 32.8. The van der Waals surface area contributed by atoms with Crippen molar-refractivity contribution in [1.82, 2.24) is 15.2 Å². The van der Waals surface area contributed by atoms with E-state index in [4.69, 9.17) is 15.2 Å². The van der Waals surface area contributed by atoms with Crippen LogP contribution in [-0.2, 0) is 20.7 Å². The molecule has 178 valence electrons. The fraction of sp³-hybridized carbons (Fsp3) is 0.625. The van der Waals surface area contributed by atoms with Crippen molar-refractivity contribution < 1.29 is 19.1 Å². The molecule has 0 radical (unpaired) electrons. The fourth-order valence-electron chi connectivity index (χ4n) is 5.56. The summed E-state index contributed by atoms with van der Waals surface area (Å²) in [6.07, 6.45) is 8.69. The maximum absolute atomic E-state index is 12.4. The normalized spacial score (nSPS) is 25.6. The lowest BCUT2D eigenvalue weighted by Crippen LogP contribution is -2.46. The average molecular weight is 473 g/mol. The second kappa shape index (κ2) is 9.95. The molecule has 0 unspecified atom stereocenters. The molecular formula is C24H32N4O4S. The molecule has 1 atom stereocenters. The van der Waals surface area contributed by atoms with E-state index in [1.807, 2.05) is 12.3 Å². The number of carbonyl (C=O) groups is 2. The molecule has 8 nitrogen and oxygen atoms in total. The Bertz CT molecular complexity index is 1010. The van der Waals surface area contributed by atoms with Crippen LogP contribution < -0.4 is 15.8 Å². The van der Waals surface area contributed by atoms with E-state index in [2.05, 4.69) is 15.2 Å². The largest absolute Gasteiger partial charge is 0.490 e. The standard InChI is InChI=1S/C24H32N4O4S/c25-20(29)14-27-21(30)13-15-1-6-19-22(15)23-18(7-8-26-24(23)33-19)32-17-4-2-16(3-5-17)28-9-11-31-12-10-28/h7-8,15-17H,1-6,9-14H2,(H2,25,29)(H,27,30)/t15-,16?,17?/m1/s1. The van der Waals surface area contributed by atoms with Gasteiger partial charge in [0, 0.05) is 36.6 Å². The van der Waals surface area contributed by atoms with Crippen molar-refractivity contribution in [3.63, 3.8) is 0 Å². The number of pyridine rings is 1. The number of nitrogens with one attached hydrogen (secondary N) is 1. The van der Waals surface area contributed by atoms with Gasteiger partial charge in [0.05, 0.1) is 31.2 Å². The van der Waals surface area contributed by atoms with Crippen LogP contribution in [0, 0.1) is 0 Å². The highest BCUT2D eigenvalue weighted by atomic mass is 32.1. The smallest absolute Gasteiger partial charge is 0.236 e. The Kier molecular flexibility index (Phi) is 6.80. The van der Waals surface area contributed by atoms with E-state index < -0.39 is 5.91 Å². The van der Waals surface area contributed by atoms with Gasteiger partial charge >= 0.3 is 0 Å². The Hall–Kier alpha value is -2.23. The molecule has 2 aromatic heterocycles. The van der Waals surface area contributed by atoms with Crippen LogP contribution in [0.2, 0.25) is 0 Å². The first-order chi connectivity index (χ1) is 16.1. The van der Waals surface area contributed by atoms with Crippen LogP contribution in [-0.4, -0.2) is 66.7 Å². The maximum atomic E-state index is 12.4. The first-order valence-corrected chi connectivity index (χ1v) is 12.8. The van der Waals surface area contributed by atoms with Gasteiger partial charge in [0.25, 0.3) is 0 Å². The predicted molar refractivity (Wildman–Crippen MR) is 127 cm³/mol. The molecule has 1 saturated heterocycles. The average Bonchev–Trinajstić information content (AvgIpc) is 3.39. The number of hydrogen-bond donors (Lipinski definition) is 2. The quantitative estimate of drug-likeness (QED) is 0.641. The summed E-state index contributed by atoms with van der Waals surface area (Å²) in [6.45, 7) is 3.64. The van der Waals surface area contributed by atoms with E-state index in [1.54, 1.807) is 11.3 Å². The lowest BCUT2D eigenvalue weighted by atomic mass is 9.91. The number of rotatable bonds is 7. The van der Waals surface area contributed by atoms with Gasteiger partial charge in [-0.15, -0.1) is 11.3 Å². The number of morpholine rings is 1. The van der Waals surface area contributed by atoms with Crippen molar-refractivity contribution in [2.24, 2.45) is 5.73 Å². The minimum atomic E-state index is -0.528. The van der Waals surface area contributed by atoms with Crippen molar-refractivity contribution in [1.29, 1.82) is 0 Å². The number of thiophene rings is 1. The number of aryl methyl sites for hydroxylation is 1. The van der Waals surface area contributed by atoms with Crippen LogP contribution in [0.4, 0.5) is 0 Å². The fourth-order valence-corrected chi connectivity index (χ4v) is 6.82. The molecule has 0 aromatic carbocycles. The van der Waals surface area contributed by atoms with Crippen molar-refractivity contribution in [2.45, 2.75) is 63.0 Å². The number of aromatic nitrogens is 1. The first-order valence-electron chi connectivity index (χ1n) is 12.0. The van der Waals surface area contributed by atoms with Crippen molar-refractivity contribution in [2.75, 3.05) is 32.8 Å². The van der Waals surface area contributed by atoms with E-state index in [-0.39, 0.29) is 24.5 Å². The van der Waals surface area contributed by atoms with Crippen LogP contribution in [0.3, 0.4) is 0 Å². The monoisotopic (exact) mass is 472 g/mol. The van der Waals surface area contributed by atoms with E-state index in [1.165, 1.54) is 10.4 Å². The van der Waals surface area contributed by atoms with Crippen LogP contribution >= 0.6 is 11.3 Å². The highest BCUT2D eigenvalue weighted by molar-refractivity contribution is 7.19. The Morgan fingerprint density at radius 1 is 1.21 bits per heavy atom. The third kappa shape index (κ3) is 5.00. The second-order valence-electron chi connectivity index (χ2n) is 9.31. The van der Waals surface area contributed by atoms with E-state index in [0.29, 0.717) is 12.5 Å². The molecule has 0 bridgehead atoms. The van der Waals surface area contributed by atoms with Crippen molar-refractivity contribution >= 4 is 33.4 Å². The maximum Gasteiger partial charge on any atom is 0.236 e. The molecule has 1 aliphatic heterocycles. The molecule has 33 heavy (non-hydrogen) atoms. The number of nitrogens with zero attached hydrogens (tertiary/aromatic N) is 2. The summed E-state index contributed by atoms with van der Waals surface area (Å²) in [5.41, 5.74) is 6.37. The van der Waals surface area contributed by atoms with Gasteiger partial charge in [0.2, 0.25) is 11.8 Å². The topological polar surface area (TPSA) is 107 Å². The number of ether oxygens (including phenoxy) is 2. The molecule has 9 heteroatoms. The SMILES string of the molecule is NC(=O)CNC(=O)C[C@H]1CCc2sc3nccc(OC4CCC(N5CCOCC5)CC4)c3c21. The van der Waals surface area contributed by atoms with Gasteiger partial charge in [0.1, 0.15) is 10.6 Å². The minimum absolute atomic E-state index is 0.116. The second-order valence-corrected chi connectivity index (χ2v) is 10.4. The lowest BCUT2D eigenvalue weighted by molar-refractivity contribution is -0.125. The molecule has 3 aliphatic rings. The van der Waals surface area contributed by atoms with Crippen molar-refractivity contribution in [3.05, 3.63) is 22.7 Å². The van der Waals surface area contributed by atoms with Crippen molar-refractivity contribution in [3.8, 4) is 5.75 Å². The Balaban J connectivity index is 1.28. The van der Waals surface area contributed by atoms with E-state index >= 15 is 0 Å². The van der Waals surface area contributed by atoms with Crippen LogP contribution in [0.15, 0.2) is 12.3 Å². The summed E-state index contributed by atoms with van der Waals surface area (Å²) in [6, 6.07) is 2.62. The molecule has 3 N–H and O–H groups in total. The zero-order chi connectivity index (χ0) is 22.8. The lowest BCUT2D eigenvalue weighted by Gasteiger charge is -2.38. The summed E-state index contributed by atoms with van der Waals surface area (Å²) >= 11 is 1.72. The van der Waals surface area contributed by atoms with Gasteiger partial charge in [-0.05, 0) is 56.1 Å². The van der Waals surface area contributed by atoms with Crippen LogP contribution in [0.5, 0.6) is 5.75 Å². The summed E-state index contributed by atoms with van der Waals surface area (Å²) in [7, 11) is 0. The number of hydrogen-bond acceptors (Lipinski definition) is 7. The molecule has 0 spiro atoms. The van der Waals surface area contributed by atoms with Gasteiger partial charge in [-0.1, -0.05) is 0 Å². The summed E-state index contributed by atoms with van der Waals surface area (Å²) in [5, 5.41) is 3.70. The number of carbonyl (C=O) groups excluding carboxylic acids is 2. The highest BCUT2D eigenvalue weighted by Gasteiger charge is 2.32. The number of amides is 2. The first kappa shape index (κ1) is 22.6. The molecule has 2 aromatic rings. The number of fused-ring (bicyclic) bond motifs is 3. The molecule has 5 rings (SSSR count). The van der Waals surface area contributed by atoms with Crippen LogP contribution in [0.1, 0.15) is 54.9 Å². The van der Waals surface area contributed by atoms with E-state index in [9.17, 15) is 9.59 Å². The molecule has 2 fully saturated rings. The van der Waals surface area contributed by atoms with Gasteiger partial charge < -0.3 is 20.5 Å². The Labute approximate surface area is 197 Å². The van der Waals surface area contributed by atoms with Gasteiger partial charge in [0.15, 0.2) is 0 Å². The molecule has 2 amide bonds. The van der Waals surface area contributed by atoms with Gasteiger partial charge in [-0.3, -0.25) is 14.5 Å². The molecular weight excluding hydrogens is 440 g/mol. The van der Waals surface area contributed by atoms with Gasteiger partial charge in [-0.2, -0.15) is 0 Å². The van der Waals surface area contributed by atoms with E-state index in [0.717, 1.165) is 80.8 Å². The molecule has 1 saturated carbocycles. The zero-order valence-electron chi connectivity index (χ0n) is 18.9. The summed E-state index contributed by atoms with van der Waals surface area (Å²) in [5.74, 6) is 0.348. The Morgan fingerprint density at radius 3 is 2.76 bits per heavy atom. The third-order valence-corrected chi connectivity index (χ3v) is 8.36.